The zero-order valence-corrected chi connectivity index (χ0v) is 14.1. The summed E-state index contributed by atoms with van der Waals surface area (Å²) in [6, 6.07) is 9.25. The second-order valence-electron chi connectivity index (χ2n) is 6.59. The molecule has 0 fully saturated rings. The molecule has 0 aliphatic heterocycles. The molecule has 4 rings (SSSR count). The molecule has 2 aromatic carbocycles. The number of nitrogens with zero attached hydrogens (tertiary/aromatic N) is 2. The number of carboxylic acid groups (broad SMARTS) is 1. The van der Waals surface area contributed by atoms with Crippen LogP contribution in [0.3, 0.4) is 0 Å². The molecule has 0 radical (unpaired) electrons. The van der Waals surface area contributed by atoms with Gasteiger partial charge in [0.1, 0.15) is 17.3 Å². The minimum atomic E-state index is -1.20. The molecule has 1 aliphatic carbocycles. The molecule has 27 heavy (non-hydrogen) atoms. The average molecular weight is 372 g/mol. The van der Waals surface area contributed by atoms with E-state index in [4.69, 9.17) is 0 Å². The Morgan fingerprint density at radius 2 is 1.93 bits per heavy atom. The van der Waals surface area contributed by atoms with Crippen molar-refractivity contribution in [1.82, 2.24) is 9.78 Å². The topological polar surface area (TPSA) is 55.1 Å². The third-order valence-electron chi connectivity index (χ3n) is 4.86. The average Bonchev–Trinajstić information content (AvgIpc) is 3.16. The lowest BCUT2D eigenvalue weighted by Crippen LogP contribution is -2.10. The van der Waals surface area contributed by atoms with Crippen molar-refractivity contribution >= 4 is 5.97 Å². The van der Waals surface area contributed by atoms with Crippen molar-refractivity contribution < 1.29 is 23.1 Å². The van der Waals surface area contributed by atoms with Crippen molar-refractivity contribution in [2.75, 3.05) is 0 Å². The monoisotopic (exact) mass is 372 g/mol. The Morgan fingerprint density at radius 3 is 2.63 bits per heavy atom. The van der Waals surface area contributed by atoms with Crippen molar-refractivity contribution in [3.8, 4) is 5.69 Å². The molecule has 0 saturated heterocycles. The maximum absolute atomic E-state index is 14.3. The van der Waals surface area contributed by atoms with Crippen LogP contribution in [0.1, 0.15) is 39.6 Å². The highest BCUT2D eigenvalue weighted by molar-refractivity contribution is 5.88. The molecule has 1 N–H and O–H groups in total. The summed E-state index contributed by atoms with van der Waals surface area (Å²) in [5.74, 6) is -3.25. The van der Waals surface area contributed by atoms with Gasteiger partial charge in [-0.05, 0) is 49.1 Å². The Bertz CT molecular complexity index is 1050. The molecule has 4 nitrogen and oxygen atoms in total. The van der Waals surface area contributed by atoms with Gasteiger partial charge in [-0.3, -0.25) is 0 Å². The van der Waals surface area contributed by atoms with E-state index in [9.17, 15) is 23.1 Å². The van der Waals surface area contributed by atoms with Crippen molar-refractivity contribution in [2.45, 2.75) is 25.2 Å². The summed E-state index contributed by atoms with van der Waals surface area (Å²) in [5.41, 5.74) is 1.76. The number of aromatic carboxylic acids is 1. The summed E-state index contributed by atoms with van der Waals surface area (Å²) in [5, 5.41) is 13.5. The molecular formula is C20H15F3N2O2. The number of fused-ring (bicyclic) bond motifs is 1. The quantitative estimate of drug-likeness (QED) is 0.745. The lowest BCUT2D eigenvalue weighted by atomic mass is 9.97. The van der Waals surface area contributed by atoms with E-state index in [0.717, 1.165) is 17.7 Å². The molecule has 0 bridgehead atoms. The minimum absolute atomic E-state index is 0.00806. The van der Waals surface area contributed by atoms with Gasteiger partial charge >= 0.3 is 5.97 Å². The molecule has 1 aliphatic rings. The Morgan fingerprint density at radius 1 is 1.15 bits per heavy atom. The van der Waals surface area contributed by atoms with Crippen LogP contribution in [0.25, 0.3) is 5.69 Å². The number of carboxylic acids is 1. The number of rotatable bonds is 4. The van der Waals surface area contributed by atoms with E-state index in [0.29, 0.717) is 30.5 Å². The molecule has 1 heterocycles. The summed E-state index contributed by atoms with van der Waals surface area (Å²) in [6.45, 7) is 0. The molecule has 138 valence electrons. The summed E-state index contributed by atoms with van der Waals surface area (Å²) in [6.07, 6.45) is 1.60. The van der Waals surface area contributed by atoms with Gasteiger partial charge in [0.05, 0.1) is 5.69 Å². The van der Waals surface area contributed by atoms with E-state index in [1.54, 1.807) is 12.1 Å². The maximum atomic E-state index is 14.3. The van der Waals surface area contributed by atoms with E-state index < -0.39 is 17.6 Å². The molecule has 7 heteroatoms. The molecule has 1 atom stereocenters. The number of halogens is 3. The van der Waals surface area contributed by atoms with Gasteiger partial charge in [-0.25, -0.2) is 22.6 Å². The third kappa shape index (κ3) is 3.09. The van der Waals surface area contributed by atoms with Crippen LogP contribution in [0.5, 0.6) is 0 Å². The molecule has 3 aromatic rings. The van der Waals surface area contributed by atoms with E-state index in [1.165, 1.54) is 22.9 Å². The molecule has 1 unspecified atom stereocenters. The Hall–Kier alpha value is -3.09. The fourth-order valence-corrected chi connectivity index (χ4v) is 3.74. The molecular weight excluding hydrogens is 357 g/mol. The zero-order valence-electron chi connectivity index (χ0n) is 14.1. The van der Waals surface area contributed by atoms with Gasteiger partial charge in [0.15, 0.2) is 11.5 Å². The number of hydrogen-bond donors (Lipinski definition) is 1. The summed E-state index contributed by atoms with van der Waals surface area (Å²) in [4.78, 5) is 11.6. The minimum Gasteiger partial charge on any atom is -0.476 e. The van der Waals surface area contributed by atoms with Gasteiger partial charge in [0, 0.05) is 17.5 Å². The first-order chi connectivity index (χ1) is 12.9. The van der Waals surface area contributed by atoms with Crippen LogP contribution in [-0.2, 0) is 12.8 Å². The Labute approximate surface area is 152 Å². The SMILES string of the molecule is O=C(O)c1nn(-c2ccc(F)cc2F)c2c1CCC2Cc1cccc(F)c1. The molecule has 0 saturated carbocycles. The van der Waals surface area contributed by atoms with E-state index >= 15 is 0 Å². The van der Waals surface area contributed by atoms with Gasteiger partial charge in [-0.2, -0.15) is 5.10 Å². The zero-order chi connectivity index (χ0) is 19.1. The maximum Gasteiger partial charge on any atom is 0.356 e. The first-order valence-corrected chi connectivity index (χ1v) is 8.49. The molecule has 1 aromatic heterocycles. The second-order valence-corrected chi connectivity index (χ2v) is 6.59. The predicted octanol–water partition coefficient (Wildman–Crippen LogP) is 4.26. The largest absolute Gasteiger partial charge is 0.476 e. The van der Waals surface area contributed by atoms with Crippen molar-refractivity contribution in [3.63, 3.8) is 0 Å². The van der Waals surface area contributed by atoms with Crippen LogP contribution < -0.4 is 0 Å². The van der Waals surface area contributed by atoms with E-state index in [1.807, 2.05) is 0 Å². The standard InChI is InChI=1S/C20H15F3N2O2/c21-13-3-1-2-11(9-13)8-12-4-6-15-18(20(26)27)24-25(19(12)15)17-7-5-14(22)10-16(17)23/h1-3,5,7,9-10,12H,4,6,8H2,(H,26,27). The highest BCUT2D eigenvalue weighted by Gasteiger charge is 2.34. The highest BCUT2D eigenvalue weighted by atomic mass is 19.1. The normalized spacial score (nSPS) is 15.7. The van der Waals surface area contributed by atoms with Crippen molar-refractivity contribution in [2.24, 2.45) is 0 Å². The highest BCUT2D eigenvalue weighted by Crippen LogP contribution is 2.39. The lowest BCUT2D eigenvalue weighted by Gasteiger charge is -2.15. The fourth-order valence-electron chi connectivity index (χ4n) is 3.74. The Kier molecular flexibility index (Phi) is 4.22. The number of benzene rings is 2. The third-order valence-corrected chi connectivity index (χ3v) is 4.86. The van der Waals surface area contributed by atoms with E-state index in [-0.39, 0.29) is 23.1 Å². The fraction of sp³-hybridized carbons (Fsp3) is 0.200. The van der Waals surface area contributed by atoms with Crippen LogP contribution in [0.15, 0.2) is 42.5 Å². The lowest BCUT2D eigenvalue weighted by molar-refractivity contribution is 0.0688. The van der Waals surface area contributed by atoms with Crippen molar-refractivity contribution in [1.29, 1.82) is 0 Å². The Balaban J connectivity index is 1.82. The number of hydrogen-bond acceptors (Lipinski definition) is 2. The summed E-state index contributed by atoms with van der Waals surface area (Å²) in [7, 11) is 0. The smallest absolute Gasteiger partial charge is 0.356 e. The van der Waals surface area contributed by atoms with Crippen LogP contribution in [0, 0.1) is 17.5 Å². The predicted molar refractivity (Wildman–Crippen MR) is 91.6 cm³/mol. The van der Waals surface area contributed by atoms with Gasteiger partial charge < -0.3 is 5.11 Å². The van der Waals surface area contributed by atoms with Gasteiger partial charge in [0.2, 0.25) is 0 Å². The second kappa shape index (κ2) is 6.57. The van der Waals surface area contributed by atoms with Crippen molar-refractivity contribution in [3.05, 3.63) is 82.4 Å². The van der Waals surface area contributed by atoms with Crippen LogP contribution in [0.4, 0.5) is 13.2 Å². The van der Waals surface area contributed by atoms with Crippen LogP contribution >= 0.6 is 0 Å². The first kappa shape index (κ1) is 17.3. The number of carbonyl (C=O) groups is 1. The molecule has 0 amide bonds. The van der Waals surface area contributed by atoms with Crippen LogP contribution in [0.2, 0.25) is 0 Å². The van der Waals surface area contributed by atoms with Crippen LogP contribution in [-0.4, -0.2) is 20.9 Å². The number of aromatic nitrogens is 2. The van der Waals surface area contributed by atoms with Gasteiger partial charge in [-0.15, -0.1) is 0 Å². The summed E-state index contributed by atoms with van der Waals surface area (Å²) >= 11 is 0. The van der Waals surface area contributed by atoms with Gasteiger partial charge in [0.25, 0.3) is 0 Å². The van der Waals surface area contributed by atoms with Gasteiger partial charge in [-0.1, -0.05) is 12.1 Å². The first-order valence-electron chi connectivity index (χ1n) is 8.49. The van der Waals surface area contributed by atoms with E-state index in [2.05, 4.69) is 5.10 Å². The summed E-state index contributed by atoms with van der Waals surface area (Å²) < 4.78 is 42.4. The molecule has 0 spiro atoms.